The van der Waals surface area contributed by atoms with Crippen molar-refractivity contribution in [3.63, 3.8) is 0 Å². The van der Waals surface area contributed by atoms with Crippen LogP contribution in [0.2, 0.25) is 0 Å². The van der Waals surface area contributed by atoms with Crippen LogP contribution >= 0.6 is 0 Å². The number of likely N-dealkylation sites (tertiary alicyclic amines) is 1. The molecule has 0 radical (unpaired) electrons. The van der Waals surface area contributed by atoms with Crippen molar-refractivity contribution in [2.45, 2.75) is 39.2 Å². The van der Waals surface area contributed by atoms with Crippen LogP contribution in [0.25, 0.3) is 0 Å². The summed E-state index contributed by atoms with van der Waals surface area (Å²) in [6.45, 7) is 11.2. The van der Waals surface area contributed by atoms with Gasteiger partial charge in [0.25, 0.3) is 0 Å². The Hall–Kier alpha value is -2.72. The smallest absolute Gasteiger partial charge is 0.225 e. The van der Waals surface area contributed by atoms with Crippen LogP contribution in [-0.4, -0.2) is 63.0 Å². The molecule has 1 aromatic rings. The third kappa shape index (κ3) is 4.88. The van der Waals surface area contributed by atoms with E-state index in [0.29, 0.717) is 29.4 Å². The van der Waals surface area contributed by atoms with Crippen molar-refractivity contribution in [1.29, 1.82) is 5.26 Å². The molecule has 1 aromatic carbocycles. The van der Waals surface area contributed by atoms with Crippen LogP contribution in [0, 0.1) is 23.2 Å². The van der Waals surface area contributed by atoms with Gasteiger partial charge < -0.3 is 15.1 Å². The lowest BCUT2D eigenvalue weighted by molar-refractivity contribution is -0.126. The summed E-state index contributed by atoms with van der Waals surface area (Å²) >= 11 is 0. The summed E-state index contributed by atoms with van der Waals surface area (Å²) in [5.41, 5.74) is 2.50. The Kier molecular flexibility index (Phi) is 7.22. The molecule has 7 heteroatoms. The molecule has 1 N–H and O–H groups in total. The second kappa shape index (κ2) is 9.86. The Morgan fingerprint density at radius 1 is 1.33 bits per heavy atom. The molecule has 1 amide bonds. The van der Waals surface area contributed by atoms with E-state index in [9.17, 15) is 10.1 Å². The van der Waals surface area contributed by atoms with Crippen LogP contribution in [0.3, 0.4) is 0 Å². The fourth-order valence-corrected chi connectivity index (χ4v) is 4.67. The van der Waals surface area contributed by atoms with E-state index in [1.807, 2.05) is 13.0 Å². The SMILES string of the molecule is C=Nc1c(N2CC(C)CC(C(=O)NC3CCCN(C)C3)C2)ccc(C#N)c1N=CC. The number of likely N-dealkylation sites (N-methyl/N-ethyl adjacent to an activating group) is 1. The molecular formula is C23H32N6O. The number of nitrogens with one attached hydrogen (secondary N) is 1. The Balaban J connectivity index is 1.81. The van der Waals surface area contributed by atoms with Crippen LogP contribution in [0.5, 0.6) is 0 Å². The third-order valence-electron chi connectivity index (χ3n) is 6.01. The summed E-state index contributed by atoms with van der Waals surface area (Å²) in [5.74, 6) is 0.433. The minimum absolute atomic E-state index is 0.0765. The molecule has 3 rings (SSSR count). The van der Waals surface area contributed by atoms with E-state index in [4.69, 9.17) is 0 Å². The maximum absolute atomic E-state index is 13.1. The van der Waals surface area contributed by atoms with Gasteiger partial charge >= 0.3 is 0 Å². The van der Waals surface area contributed by atoms with Gasteiger partial charge in [-0.3, -0.25) is 14.8 Å². The Morgan fingerprint density at radius 3 is 2.80 bits per heavy atom. The molecule has 2 aliphatic heterocycles. The molecule has 0 aliphatic carbocycles. The molecule has 0 bridgehead atoms. The average Bonchev–Trinajstić information content (AvgIpc) is 2.73. The molecule has 0 saturated carbocycles. The van der Waals surface area contributed by atoms with Crippen LogP contribution in [0.1, 0.15) is 38.7 Å². The number of carbonyl (C=O) groups is 1. The van der Waals surface area contributed by atoms with Crippen molar-refractivity contribution in [1.82, 2.24) is 10.2 Å². The molecule has 2 fully saturated rings. The molecule has 2 heterocycles. The standard InChI is InChI=1S/C23H32N6O/c1-5-26-21-17(12-24)8-9-20(22(21)25-3)29-13-16(2)11-18(14-29)23(30)27-19-7-6-10-28(4)15-19/h5,8-9,16,18-19H,3,6-7,10-11,13-15H2,1-2,4H3,(H,27,30). The highest BCUT2D eigenvalue weighted by Crippen LogP contribution is 2.42. The first-order valence-corrected chi connectivity index (χ1v) is 10.7. The van der Waals surface area contributed by atoms with E-state index >= 15 is 0 Å². The van der Waals surface area contributed by atoms with E-state index in [1.54, 1.807) is 12.3 Å². The number of hydrogen-bond acceptors (Lipinski definition) is 6. The van der Waals surface area contributed by atoms with E-state index in [-0.39, 0.29) is 17.9 Å². The van der Waals surface area contributed by atoms with E-state index in [2.05, 4.69) is 51.9 Å². The fraction of sp³-hybridized carbons (Fsp3) is 0.565. The van der Waals surface area contributed by atoms with Gasteiger partial charge in [0.1, 0.15) is 17.4 Å². The van der Waals surface area contributed by atoms with E-state index < -0.39 is 0 Å². The van der Waals surface area contributed by atoms with Crippen molar-refractivity contribution in [2.75, 3.05) is 38.1 Å². The maximum atomic E-state index is 13.1. The number of piperidine rings is 2. The number of nitriles is 1. The number of carbonyl (C=O) groups excluding carboxylic acids is 1. The lowest BCUT2D eigenvalue weighted by atomic mass is 9.88. The lowest BCUT2D eigenvalue weighted by Gasteiger charge is -2.39. The predicted octanol–water partition coefficient (Wildman–Crippen LogP) is 3.29. The molecule has 0 spiro atoms. The summed E-state index contributed by atoms with van der Waals surface area (Å²) < 4.78 is 0. The largest absolute Gasteiger partial charge is 0.369 e. The monoisotopic (exact) mass is 408 g/mol. The zero-order chi connectivity index (χ0) is 21.7. The molecule has 2 aliphatic rings. The molecule has 3 unspecified atom stereocenters. The van der Waals surface area contributed by atoms with Gasteiger partial charge in [0.05, 0.1) is 17.2 Å². The predicted molar refractivity (Wildman–Crippen MR) is 122 cm³/mol. The minimum Gasteiger partial charge on any atom is -0.369 e. The van der Waals surface area contributed by atoms with Gasteiger partial charge in [-0.05, 0) is 64.5 Å². The average molecular weight is 409 g/mol. The molecule has 30 heavy (non-hydrogen) atoms. The van der Waals surface area contributed by atoms with E-state index in [1.165, 1.54) is 0 Å². The first kappa shape index (κ1) is 22.0. The maximum Gasteiger partial charge on any atom is 0.225 e. The zero-order valence-corrected chi connectivity index (χ0v) is 18.3. The van der Waals surface area contributed by atoms with Gasteiger partial charge in [0, 0.05) is 31.9 Å². The summed E-state index contributed by atoms with van der Waals surface area (Å²) in [4.78, 5) is 26.1. The highest BCUT2D eigenvalue weighted by Gasteiger charge is 2.32. The number of benzene rings is 1. The molecule has 3 atom stereocenters. The molecule has 2 saturated heterocycles. The van der Waals surface area contributed by atoms with Crippen LogP contribution in [0.4, 0.5) is 17.1 Å². The van der Waals surface area contributed by atoms with Crippen molar-refractivity contribution in [3.05, 3.63) is 17.7 Å². The quantitative estimate of drug-likeness (QED) is 0.758. The van der Waals surface area contributed by atoms with Crippen LogP contribution < -0.4 is 10.2 Å². The summed E-state index contributed by atoms with van der Waals surface area (Å²) in [7, 11) is 2.10. The van der Waals surface area contributed by atoms with Gasteiger partial charge in [-0.1, -0.05) is 6.92 Å². The Bertz CT molecular complexity index is 858. The van der Waals surface area contributed by atoms with Gasteiger partial charge in [-0.25, -0.2) is 0 Å². The number of anilines is 1. The second-order valence-corrected chi connectivity index (χ2v) is 8.54. The zero-order valence-electron chi connectivity index (χ0n) is 18.3. The topological polar surface area (TPSA) is 84.1 Å². The summed E-state index contributed by atoms with van der Waals surface area (Å²) in [5, 5.41) is 12.7. The number of rotatable bonds is 5. The lowest BCUT2D eigenvalue weighted by Crippen LogP contribution is -2.51. The first-order chi connectivity index (χ1) is 14.5. The van der Waals surface area contributed by atoms with Gasteiger partial charge in [0.15, 0.2) is 0 Å². The van der Waals surface area contributed by atoms with E-state index in [0.717, 1.165) is 44.6 Å². The number of amides is 1. The molecule has 160 valence electrons. The summed E-state index contributed by atoms with van der Waals surface area (Å²) in [6, 6.07) is 6.09. The van der Waals surface area contributed by atoms with Crippen LogP contribution in [0.15, 0.2) is 22.1 Å². The third-order valence-corrected chi connectivity index (χ3v) is 6.01. The Labute approximate surface area is 179 Å². The normalized spacial score (nSPS) is 25.1. The van der Waals surface area contributed by atoms with Gasteiger partial charge in [-0.15, -0.1) is 0 Å². The van der Waals surface area contributed by atoms with Crippen molar-refractivity contribution in [3.8, 4) is 6.07 Å². The molecule has 7 nitrogen and oxygen atoms in total. The molecule has 0 aromatic heterocycles. The second-order valence-electron chi connectivity index (χ2n) is 8.54. The minimum atomic E-state index is -0.0765. The Morgan fingerprint density at radius 2 is 2.13 bits per heavy atom. The first-order valence-electron chi connectivity index (χ1n) is 10.7. The van der Waals surface area contributed by atoms with Crippen molar-refractivity contribution < 1.29 is 4.79 Å². The number of hydrogen-bond donors (Lipinski definition) is 1. The van der Waals surface area contributed by atoms with Gasteiger partial charge in [0.2, 0.25) is 5.91 Å². The number of aliphatic imine (C=N–C) groups is 2. The number of nitrogens with zero attached hydrogens (tertiary/aromatic N) is 5. The highest BCUT2D eigenvalue weighted by molar-refractivity contribution is 5.87. The van der Waals surface area contributed by atoms with Gasteiger partial charge in [-0.2, -0.15) is 5.26 Å². The van der Waals surface area contributed by atoms with Crippen molar-refractivity contribution >= 4 is 35.9 Å². The summed E-state index contributed by atoms with van der Waals surface area (Å²) in [6.07, 6.45) is 4.69. The highest BCUT2D eigenvalue weighted by atomic mass is 16.2. The fourth-order valence-electron chi connectivity index (χ4n) is 4.67. The van der Waals surface area contributed by atoms with Crippen molar-refractivity contribution in [2.24, 2.45) is 21.8 Å². The molecular weight excluding hydrogens is 376 g/mol. The van der Waals surface area contributed by atoms with Crippen LogP contribution in [-0.2, 0) is 4.79 Å².